The minimum atomic E-state index is -3.17. The Balaban J connectivity index is 1.77. The summed E-state index contributed by atoms with van der Waals surface area (Å²) in [7, 11) is -3.17. The zero-order valence-corrected chi connectivity index (χ0v) is 15.2. The van der Waals surface area contributed by atoms with E-state index in [1.165, 1.54) is 0 Å². The molecule has 0 amide bonds. The van der Waals surface area contributed by atoms with Gasteiger partial charge in [-0.25, -0.2) is 8.42 Å². The van der Waals surface area contributed by atoms with E-state index >= 15 is 0 Å². The maximum atomic E-state index is 12.5. The number of rotatable bonds is 5. The van der Waals surface area contributed by atoms with Crippen molar-refractivity contribution in [3.05, 3.63) is 0 Å². The van der Waals surface area contributed by atoms with Crippen molar-refractivity contribution in [2.75, 3.05) is 45.1 Å². The summed E-state index contributed by atoms with van der Waals surface area (Å²) in [6.45, 7) is 11.5. The molecule has 22 heavy (non-hydrogen) atoms. The van der Waals surface area contributed by atoms with E-state index in [9.17, 15) is 8.42 Å². The molecule has 5 nitrogen and oxygen atoms in total. The maximum Gasteiger partial charge on any atom is 0.216 e. The zero-order chi connectivity index (χ0) is 16.2. The lowest BCUT2D eigenvalue weighted by molar-refractivity contribution is 0.0296. The molecule has 0 N–H and O–H groups in total. The Morgan fingerprint density at radius 1 is 1.09 bits per heavy atom. The van der Waals surface area contributed by atoms with Crippen LogP contribution < -0.4 is 0 Å². The number of ether oxygens (including phenoxy) is 1. The predicted molar refractivity (Wildman–Crippen MR) is 89.5 cm³/mol. The van der Waals surface area contributed by atoms with Gasteiger partial charge in [-0.3, -0.25) is 0 Å². The molecule has 2 rings (SSSR count). The van der Waals surface area contributed by atoms with Gasteiger partial charge in [-0.05, 0) is 37.6 Å². The molecule has 0 radical (unpaired) electrons. The molecule has 0 aliphatic carbocycles. The first kappa shape index (κ1) is 18.2. The number of piperazine rings is 1. The number of sulfonamides is 1. The molecular formula is C16H32N2O3S. The highest BCUT2D eigenvalue weighted by atomic mass is 32.2. The molecule has 0 saturated carbocycles. The smallest absolute Gasteiger partial charge is 0.216 e. The summed E-state index contributed by atoms with van der Waals surface area (Å²) in [6, 6.07) is 0. The lowest BCUT2D eigenvalue weighted by Crippen LogP contribution is -2.50. The van der Waals surface area contributed by atoms with E-state index in [1.807, 2.05) is 0 Å². The van der Waals surface area contributed by atoms with Gasteiger partial charge in [-0.15, -0.1) is 0 Å². The van der Waals surface area contributed by atoms with Gasteiger partial charge in [0.15, 0.2) is 0 Å². The van der Waals surface area contributed by atoms with Crippen molar-refractivity contribution >= 4 is 10.0 Å². The van der Waals surface area contributed by atoms with Crippen molar-refractivity contribution in [3.8, 4) is 0 Å². The van der Waals surface area contributed by atoms with Gasteiger partial charge in [0.25, 0.3) is 0 Å². The Labute approximate surface area is 136 Å². The van der Waals surface area contributed by atoms with E-state index < -0.39 is 10.0 Å². The van der Waals surface area contributed by atoms with Crippen LogP contribution in [0.1, 0.15) is 46.5 Å². The second-order valence-electron chi connectivity index (χ2n) is 7.82. The summed E-state index contributed by atoms with van der Waals surface area (Å²) >= 11 is 0. The summed E-state index contributed by atoms with van der Waals surface area (Å²) in [4.78, 5) is 2.38. The van der Waals surface area contributed by atoms with Crippen LogP contribution in [0.15, 0.2) is 0 Å². The summed E-state index contributed by atoms with van der Waals surface area (Å²) in [6.07, 6.45) is 4.07. The average Bonchev–Trinajstić information content (AvgIpc) is 2.45. The molecule has 1 atom stereocenters. The van der Waals surface area contributed by atoms with Crippen LogP contribution >= 0.6 is 0 Å². The van der Waals surface area contributed by atoms with Crippen molar-refractivity contribution in [3.63, 3.8) is 0 Å². The maximum absolute atomic E-state index is 12.5. The molecular weight excluding hydrogens is 300 g/mol. The largest absolute Gasteiger partial charge is 0.377 e. The molecule has 0 spiro atoms. The summed E-state index contributed by atoms with van der Waals surface area (Å²) < 4.78 is 32.3. The van der Waals surface area contributed by atoms with E-state index in [4.69, 9.17) is 4.74 Å². The lowest BCUT2D eigenvalue weighted by atomic mass is 9.92. The van der Waals surface area contributed by atoms with Crippen molar-refractivity contribution in [1.82, 2.24) is 9.21 Å². The van der Waals surface area contributed by atoms with Crippen LogP contribution in [-0.2, 0) is 14.8 Å². The van der Waals surface area contributed by atoms with Crippen molar-refractivity contribution in [2.45, 2.75) is 52.6 Å². The fourth-order valence-electron chi connectivity index (χ4n) is 3.00. The third kappa shape index (κ3) is 5.80. The monoisotopic (exact) mass is 332 g/mol. The van der Waals surface area contributed by atoms with E-state index in [0.717, 1.165) is 45.3 Å². The SMILES string of the molecule is CC(C)(C)CCN1CCN(S(=O)(=O)CC2CCCCO2)CC1. The highest BCUT2D eigenvalue weighted by Crippen LogP contribution is 2.20. The lowest BCUT2D eigenvalue weighted by Gasteiger charge is -2.36. The van der Waals surface area contributed by atoms with Crippen molar-refractivity contribution in [2.24, 2.45) is 5.41 Å². The average molecular weight is 333 g/mol. The highest BCUT2D eigenvalue weighted by molar-refractivity contribution is 7.89. The van der Waals surface area contributed by atoms with Gasteiger partial charge in [-0.2, -0.15) is 4.31 Å². The number of hydrogen-bond donors (Lipinski definition) is 0. The molecule has 1 unspecified atom stereocenters. The third-order valence-corrected chi connectivity index (χ3v) is 6.52. The van der Waals surface area contributed by atoms with Gasteiger partial charge < -0.3 is 9.64 Å². The van der Waals surface area contributed by atoms with Crippen LogP contribution in [0.3, 0.4) is 0 Å². The molecule has 2 fully saturated rings. The van der Waals surface area contributed by atoms with Gasteiger partial charge in [0.2, 0.25) is 10.0 Å². The molecule has 2 aliphatic rings. The fraction of sp³-hybridized carbons (Fsp3) is 1.00. The number of hydrogen-bond acceptors (Lipinski definition) is 4. The summed E-state index contributed by atoms with van der Waals surface area (Å²) in [5.74, 6) is 0.162. The highest BCUT2D eigenvalue weighted by Gasteiger charge is 2.30. The molecule has 0 aromatic carbocycles. The van der Waals surface area contributed by atoms with Gasteiger partial charge in [0, 0.05) is 32.8 Å². The molecule has 6 heteroatoms. The van der Waals surface area contributed by atoms with Gasteiger partial charge in [0.1, 0.15) is 0 Å². The standard InChI is InChI=1S/C16H32N2O3S/c1-16(2,3)7-8-17-9-11-18(12-10-17)22(19,20)14-15-6-4-5-13-21-15/h15H,4-14H2,1-3H3. The normalized spacial score (nSPS) is 26.2. The van der Waals surface area contributed by atoms with Crippen LogP contribution in [0.25, 0.3) is 0 Å². The van der Waals surface area contributed by atoms with Crippen LogP contribution in [0, 0.1) is 5.41 Å². The molecule has 2 heterocycles. The van der Waals surface area contributed by atoms with E-state index in [0.29, 0.717) is 25.1 Å². The zero-order valence-electron chi connectivity index (χ0n) is 14.4. The second-order valence-corrected chi connectivity index (χ2v) is 9.83. The van der Waals surface area contributed by atoms with Gasteiger partial charge >= 0.3 is 0 Å². The minimum Gasteiger partial charge on any atom is -0.377 e. The Bertz CT molecular complexity index is 431. The first-order chi connectivity index (χ1) is 10.3. The van der Waals surface area contributed by atoms with Crippen LogP contribution in [0.2, 0.25) is 0 Å². The minimum absolute atomic E-state index is 0.0994. The molecule has 130 valence electrons. The summed E-state index contributed by atoms with van der Waals surface area (Å²) in [5, 5.41) is 0. The quantitative estimate of drug-likeness (QED) is 0.772. The molecule has 2 saturated heterocycles. The fourth-order valence-corrected chi connectivity index (χ4v) is 4.67. The molecule has 0 bridgehead atoms. The predicted octanol–water partition coefficient (Wildman–Crippen LogP) is 1.94. The summed E-state index contributed by atoms with van der Waals surface area (Å²) in [5.41, 5.74) is 0.335. The Hall–Kier alpha value is -0.170. The Kier molecular flexibility index (Phi) is 6.28. The van der Waals surface area contributed by atoms with E-state index in [1.54, 1.807) is 4.31 Å². The first-order valence-electron chi connectivity index (χ1n) is 8.58. The van der Waals surface area contributed by atoms with Crippen molar-refractivity contribution in [1.29, 1.82) is 0 Å². The van der Waals surface area contributed by atoms with Crippen LogP contribution in [-0.4, -0.2) is 68.8 Å². The Morgan fingerprint density at radius 3 is 2.32 bits per heavy atom. The second kappa shape index (κ2) is 7.60. The van der Waals surface area contributed by atoms with Crippen LogP contribution in [0.5, 0.6) is 0 Å². The molecule has 0 aromatic heterocycles. The van der Waals surface area contributed by atoms with E-state index in [2.05, 4.69) is 25.7 Å². The first-order valence-corrected chi connectivity index (χ1v) is 10.2. The van der Waals surface area contributed by atoms with Crippen molar-refractivity contribution < 1.29 is 13.2 Å². The number of nitrogens with zero attached hydrogens (tertiary/aromatic N) is 2. The topological polar surface area (TPSA) is 49.9 Å². The van der Waals surface area contributed by atoms with Crippen LogP contribution in [0.4, 0.5) is 0 Å². The molecule has 0 aromatic rings. The Morgan fingerprint density at radius 2 is 1.77 bits per heavy atom. The molecule has 2 aliphatic heterocycles. The third-order valence-electron chi connectivity index (χ3n) is 4.57. The van der Waals surface area contributed by atoms with Gasteiger partial charge in [0.05, 0.1) is 11.9 Å². The van der Waals surface area contributed by atoms with E-state index in [-0.39, 0.29) is 11.9 Å². The van der Waals surface area contributed by atoms with Gasteiger partial charge in [-0.1, -0.05) is 20.8 Å².